The maximum Gasteiger partial charge on any atom is 0.0972 e. The molecule has 0 radical (unpaired) electrons. The maximum atomic E-state index is 11.8. The average molecular weight is 312 g/mol. The smallest absolute Gasteiger partial charge is 0.0972 e. The van der Waals surface area contributed by atoms with Gasteiger partial charge in [0.1, 0.15) is 0 Å². The predicted octanol–water partition coefficient (Wildman–Crippen LogP) is 5.63. The molecule has 1 atom stereocenters. The van der Waals surface area contributed by atoms with E-state index in [9.17, 15) is 5.11 Å². The van der Waals surface area contributed by atoms with Gasteiger partial charge in [-0.15, -0.1) is 0 Å². The van der Waals surface area contributed by atoms with E-state index in [0.29, 0.717) is 5.92 Å². The summed E-state index contributed by atoms with van der Waals surface area (Å²) in [6.45, 7) is 8.83. The molecule has 23 heavy (non-hydrogen) atoms. The van der Waals surface area contributed by atoms with Crippen LogP contribution in [0, 0.1) is 11.8 Å². The summed E-state index contributed by atoms with van der Waals surface area (Å²) in [7, 11) is 0. The van der Waals surface area contributed by atoms with Crippen molar-refractivity contribution < 1.29 is 5.11 Å². The van der Waals surface area contributed by atoms with Crippen LogP contribution >= 0.6 is 0 Å². The van der Waals surface area contributed by atoms with E-state index in [0.717, 1.165) is 30.8 Å². The molecule has 0 aromatic heterocycles. The molecule has 2 fully saturated rings. The quantitative estimate of drug-likeness (QED) is 0.675. The van der Waals surface area contributed by atoms with Crippen LogP contribution in [0.2, 0.25) is 0 Å². The molecule has 1 heteroatoms. The molecule has 1 nitrogen and oxygen atoms in total. The second kappa shape index (κ2) is 6.43. The van der Waals surface area contributed by atoms with Gasteiger partial charge >= 0.3 is 0 Å². The van der Waals surface area contributed by atoms with Gasteiger partial charge in [-0.05, 0) is 42.2 Å². The molecule has 3 rings (SSSR count). The Labute approximate surface area is 141 Å². The van der Waals surface area contributed by atoms with Crippen molar-refractivity contribution in [1.82, 2.24) is 0 Å². The molecular formula is C22H32O. The largest absolute Gasteiger partial charge is 0.384 e. The minimum absolute atomic E-state index is 0.290. The Bertz CT molecular complexity index is 534. The summed E-state index contributed by atoms with van der Waals surface area (Å²) in [5, 5.41) is 11.8. The third kappa shape index (κ3) is 3.13. The Kier molecular flexibility index (Phi) is 4.69. The Morgan fingerprint density at radius 3 is 2.22 bits per heavy atom. The lowest BCUT2D eigenvalue weighted by Gasteiger charge is -2.46. The molecule has 126 valence electrons. The fraction of sp³-hybridized carbons (Fsp3) is 0.636. The molecule has 2 saturated carbocycles. The van der Waals surface area contributed by atoms with Crippen LogP contribution in [0.1, 0.15) is 70.8 Å². The maximum absolute atomic E-state index is 11.8. The molecule has 1 aromatic carbocycles. The molecule has 1 N–H and O–H groups in total. The van der Waals surface area contributed by atoms with Gasteiger partial charge in [0.15, 0.2) is 0 Å². The minimum atomic E-state index is -0.772. The van der Waals surface area contributed by atoms with Gasteiger partial charge < -0.3 is 5.11 Å². The number of benzene rings is 1. The summed E-state index contributed by atoms with van der Waals surface area (Å²) >= 11 is 0. The molecule has 1 unspecified atom stereocenters. The van der Waals surface area contributed by atoms with Crippen molar-refractivity contribution >= 4 is 0 Å². The van der Waals surface area contributed by atoms with E-state index >= 15 is 0 Å². The molecule has 0 amide bonds. The normalized spacial score (nSPS) is 22.6. The third-order valence-electron chi connectivity index (χ3n) is 6.42. The highest BCUT2D eigenvalue weighted by atomic mass is 16.3. The Balaban J connectivity index is 1.85. The average Bonchev–Trinajstić information content (AvgIpc) is 3.41. The van der Waals surface area contributed by atoms with E-state index in [1.165, 1.54) is 37.7 Å². The number of hydrogen-bond donors (Lipinski definition) is 1. The van der Waals surface area contributed by atoms with Gasteiger partial charge in [0.2, 0.25) is 0 Å². The number of rotatable bonds is 6. The van der Waals surface area contributed by atoms with Gasteiger partial charge in [0.05, 0.1) is 5.60 Å². The molecule has 0 spiro atoms. The summed E-state index contributed by atoms with van der Waals surface area (Å²) in [5.41, 5.74) is 1.24. The fourth-order valence-electron chi connectivity index (χ4n) is 4.71. The van der Waals surface area contributed by atoms with E-state index in [2.05, 4.69) is 44.7 Å². The zero-order valence-corrected chi connectivity index (χ0v) is 14.9. The number of aliphatic hydroxyl groups is 1. The zero-order chi connectivity index (χ0) is 16.5. The number of hydrogen-bond acceptors (Lipinski definition) is 1. The van der Waals surface area contributed by atoms with Crippen molar-refractivity contribution in [3.05, 3.63) is 48.0 Å². The van der Waals surface area contributed by atoms with Crippen LogP contribution in [-0.2, 0) is 5.41 Å². The van der Waals surface area contributed by atoms with E-state index in [1.54, 1.807) is 0 Å². The lowest BCUT2D eigenvalue weighted by molar-refractivity contribution is -0.0165. The first-order valence-electron chi connectivity index (χ1n) is 9.42. The first-order chi connectivity index (χ1) is 11.0. The molecule has 0 aliphatic heterocycles. The van der Waals surface area contributed by atoms with Crippen molar-refractivity contribution in [3.8, 4) is 0 Å². The molecular weight excluding hydrogens is 280 g/mol. The molecule has 1 aromatic rings. The predicted molar refractivity (Wildman–Crippen MR) is 97.5 cm³/mol. The van der Waals surface area contributed by atoms with Crippen LogP contribution in [-0.4, -0.2) is 10.7 Å². The highest BCUT2D eigenvalue weighted by molar-refractivity contribution is 5.36. The van der Waals surface area contributed by atoms with Crippen LogP contribution in [0.5, 0.6) is 0 Å². The summed E-state index contributed by atoms with van der Waals surface area (Å²) in [6, 6.07) is 10.5. The first-order valence-corrected chi connectivity index (χ1v) is 9.42. The van der Waals surface area contributed by atoms with Gasteiger partial charge in [-0.2, -0.15) is 0 Å². The van der Waals surface area contributed by atoms with Crippen molar-refractivity contribution in [2.45, 2.75) is 76.2 Å². The second-order valence-electron chi connectivity index (χ2n) is 8.34. The van der Waals surface area contributed by atoms with Gasteiger partial charge in [-0.3, -0.25) is 0 Å². The Hall–Kier alpha value is -1.08. The monoisotopic (exact) mass is 312 g/mol. The van der Waals surface area contributed by atoms with Crippen LogP contribution in [0.3, 0.4) is 0 Å². The molecule has 2 aliphatic rings. The standard InChI is InChI=1S/C22H32O/c1-17(16-18-10-6-4-7-11-18)22(23,20-14-15-20)21(2,3)19-12-8-5-9-13-19/h5,8-9,12-13,18,20,23H,1,4,6-7,10-11,14-16H2,2-3H3. The minimum Gasteiger partial charge on any atom is -0.384 e. The SMILES string of the molecule is C=C(CC1CCCCC1)C(O)(C1CC1)C(C)(C)c1ccccc1. The van der Waals surface area contributed by atoms with Crippen LogP contribution < -0.4 is 0 Å². The second-order valence-corrected chi connectivity index (χ2v) is 8.34. The van der Waals surface area contributed by atoms with E-state index in [1.807, 2.05) is 6.07 Å². The summed E-state index contributed by atoms with van der Waals surface area (Å²) in [6.07, 6.45) is 9.97. The van der Waals surface area contributed by atoms with Crippen molar-refractivity contribution in [2.24, 2.45) is 11.8 Å². The van der Waals surface area contributed by atoms with Gasteiger partial charge in [-0.25, -0.2) is 0 Å². The topological polar surface area (TPSA) is 20.2 Å². The highest BCUT2D eigenvalue weighted by Gasteiger charge is 2.55. The third-order valence-corrected chi connectivity index (χ3v) is 6.42. The summed E-state index contributed by atoms with van der Waals surface area (Å²) in [4.78, 5) is 0. The lowest BCUT2D eigenvalue weighted by atomic mass is 9.62. The fourth-order valence-corrected chi connectivity index (χ4v) is 4.71. The van der Waals surface area contributed by atoms with Crippen molar-refractivity contribution in [2.75, 3.05) is 0 Å². The molecule has 0 saturated heterocycles. The highest BCUT2D eigenvalue weighted by Crippen LogP contribution is 2.54. The van der Waals surface area contributed by atoms with Crippen LogP contribution in [0.25, 0.3) is 0 Å². The van der Waals surface area contributed by atoms with E-state index < -0.39 is 5.60 Å². The molecule has 0 heterocycles. The van der Waals surface area contributed by atoms with Crippen molar-refractivity contribution in [1.29, 1.82) is 0 Å². The molecule has 2 aliphatic carbocycles. The first kappa shape index (κ1) is 16.8. The lowest BCUT2D eigenvalue weighted by Crippen LogP contribution is -2.51. The van der Waals surface area contributed by atoms with Gasteiger partial charge in [0.25, 0.3) is 0 Å². The van der Waals surface area contributed by atoms with E-state index in [-0.39, 0.29) is 5.41 Å². The Morgan fingerprint density at radius 2 is 1.65 bits per heavy atom. The van der Waals surface area contributed by atoms with E-state index in [4.69, 9.17) is 0 Å². The zero-order valence-electron chi connectivity index (χ0n) is 14.9. The van der Waals surface area contributed by atoms with Crippen molar-refractivity contribution in [3.63, 3.8) is 0 Å². The van der Waals surface area contributed by atoms with Gasteiger partial charge in [-0.1, -0.05) is 82.9 Å². The van der Waals surface area contributed by atoms with Crippen LogP contribution in [0.4, 0.5) is 0 Å². The summed E-state index contributed by atoms with van der Waals surface area (Å²) < 4.78 is 0. The Morgan fingerprint density at radius 1 is 1.04 bits per heavy atom. The molecule has 0 bridgehead atoms. The van der Waals surface area contributed by atoms with Gasteiger partial charge in [0, 0.05) is 5.41 Å². The summed E-state index contributed by atoms with van der Waals surface area (Å²) in [5.74, 6) is 1.11. The van der Waals surface area contributed by atoms with Crippen LogP contribution in [0.15, 0.2) is 42.5 Å².